The van der Waals surface area contributed by atoms with Crippen LogP contribution in [0.2, 0.25) is 0 Å². The van der Waals surface area contributed by atoms with Crippen molar-refractivity contribution in [1.29, 1.82) is 0 Å². The Balaban J connectivity index is 1.50. The van der Waals surface area contributed by atoms with Crippen LogP contribution in [0.25, 0.3) is 11.0 Å². The first kappa shape index (κ1) is 25.1. The van der Waals surface area contributed by atoms with Gasteiger partial charge in [-0.1, -0.05) is 36.4 Å². The van der Waals surface area contributed by atoms with Crippen LogP contribution in [-0.4, -0.2) is 32.7 Å². The molecule has 192 valence electrons. The maximum atomic E-state index is 13.8. The van der Waals surface area contributed by atoms with E-state index < -0.39 is 43.1 Å². The van der Waals surface area contributed by atoms with Gasteiger partial charge in [0.2, 0.25) is 26.0 Å². The highest BCUT2D eigenvalue weighted by atomic mass is 32.2. The fourth-order valence-corrected chi connectivity index (χ4v) is 7.25. The highest BCUT2D eigenvalue weighted by Crippen LogP contribution is 2.33. The molecule has 1 aromatic heterocycles. The number of rotatable bonds is 7. The molecule has 0 bridgehead atoms. The molecule has 37 heavy (non-hydrogen) atoms. The van der Waals surface area contributed by atoms with Crippen molar-refractivity contribution >= 4 is 37.0 Å². The van der Waals surface area contributed by atoms with E-state index in [4.69, 9.17) is 0 Å². The monoisotopic (exact) mass is 542 g/mol. The summed E-state index contributed by atoms with van der Waals surface area (Å²) in [7, 11) is -7.92. The van der Waals surface area contributed by atoms with Crippen LogP contribution in [0, 0.1) is 12.7 Å². The molecule has 4 aromatic rings. The van der Waals surface area contributed by atoms with Gasteiger partial charge in [0, 0.05) is 0 Å². The van der Waals surface area contributed by atoms with Crippen LogP contribution in [-0.2, 0) is 31.3 Å². The Morgan fingerprint density at radius 2 is 1.89 bits per heavy atom. The fourth-order valence-electron chi connectivity index (χ4n) is 4.51. The maximum Gasteiger partial charge on any atom is 0.242 e. The molecule has 2 atom stereocenters. The van der Waals surface area contributed by atoms with Gasteiger partial charge in [0.25, 0.3) is 0 Å². The van der Waals surface area contributed by atoms with E-state index in [1.807, 2.05) is 22.9 Å². The van der Waals surface area contributed by atoms with E-state index in [1.165, 1.54) is 12.1 Å². The Morgan fingerprint density at radius 3 is 2.57 bits per heavy atom. The van der Waals surface area contributed by atoms with E-state index in [9.17, 15) is 26.0 Å². The molecule has 1 amide bonds. The molecule has 0 radical (unpaired) electrons. The number of sulfonamides is 2. The smallest absolute Gasteiger partial charge is 0.242 e. The zero-order chi connectivity index (χ0) is 26.4. The van der Waals surface area contributed by atoms with Gasteiger partial charge in [-0.15, -0.1) is 0 Å². The SMILES string of the molecule is Cc1cc(C[C@H](NS(=O)(=O)c2cccc(F)c2)c2nc3ccccc3[nH]2)ccc1C1CC(=O)NS1(=O)=O. The lowest BCUT2D eigenvalue weighted by Crippen LogP contribution is -2.31. The number of carbonyl (C=O) groups is 1. The molecule has 0 spiro atoms. The normalized spacial score (nSPS) is 18.1. The minimum Gasteiger partial charge on any atom is -0.341 e. The number of aromatic nitrogens is 2. The van der Waals surface area contributed by atoms with Gasteiger partial charge in [0.05, 0.1) is 28.4 Å². The van der Waals surface area contributed by atoms with Crippen LogP contribution in [0.1, 0.15) is 40.2 Å². The number of nitrogens with one attached hydrogen (secondary N) is 3. The first-order valence-electron chi connectivity index (χ1n) is 11.4. The number of nitrogens with zero attached hydrogens (tertiary/aromatic N) is 1. The van der Waals surface area contributed by atoms with Crippen molar-refractivity contribution in [1.82, 2.24) is 19.4 Å². The fraction of sp³-hybridized carbons (Fsp3) is 0.200. The molecule has 1 fully saturated rings. The molecule has 3 aromatic carbocycles. The number of carbonyl (C=O) groups excluding carboxylic acids is 1. The maximum absolute atomic E-state index is 13.8. The first-order valence-corrected chi connectivity index (χ1v) is 14.4. The molecular weight excluding hydrogens is 519 g/mol. The third-order valence-corrected chi connectivity index (χ3v) is 9.42. The van der Waals surface area contributed by atoms with Gasteiger partial charge in [-0.2, -0.15) is 0 Å². The predicted octanol–water partition coefficient (Wildman–Crippen LogP) is 3.16. The van der Waals surface area contributed by atoms with E-state index in [1.54, 1.807) is 31.2 Å². The summed E-state index contributed by atoms with van der Waals surface area (Å²) in [6.45, 7) is 1.74. The first-order chi connectivity index (χ1) is 17.5. The second kappa shape index (κ2) is 9.36. The summed E-state index contributed by atoms with van der Waals surface area (Å²) in [6, 6.07) is 16.2. The Hall–Kier alpha value is -3.61. The van der Waals surface area contributed by atoms with Crippen LogP contribution < -0.4 is 9.44 Å². The van der Waals surface area contributed by atoms with Gasteiger partial charge in [-0.3, -0.25) is 9.52 Å². The molecule has 1 aliphatic heterocycles. The minimum atomic E-state index is -4.12. The standard InChI is InChI=1S/C25H23FN4O5S2/c1-15-11-16(9-10-19(15)23-14-24(31)30-37(23,34)35)12-22(25-27-20-7-2-3-8-21(20)28-25)29-36(32,33)18-6-4-5-17(26)13-18/h2-11,13,22-23,29H,12,14H2,1H3,(H,27,28)(H,30,31)/t22-,23?/m0/s1. The van der Waals surface area contributed by atoms with Gasteiger partial charge in [0.1, 0.15) is 16.9 Å². The number of halogens is 1. The molecule has 2 heterocycles. The quantitative estimate of drug-likeness (QED) is 0.328. The zero-order valence-electron chi connectivity index (χ0n) is 19.6. The summed E-state index contributed by atoms with van der Waals surface area (Å²) < 4.78 is 69.3. The number of aryl methyl sites for hydroxylation is 1. The lowest BCUT2D eigenvalue weighted by Gasteiger charge is -2.19. The van der Waals surface area contributed by atoms with Gasteiger partial charge in [-0.05, 0) is 60.4 Å². The van der Waals surface area contributed by atoms with Gasteiger partial charge >= 0.3 is 0 Å². The molecule has 1 unspecified atom stereocenters. The molecule has 5 rings (SSSR count). The number of aromatic amines is 1. The summed E-state index contributed by atoms with van der Waals surface area (Å²) in [6.07, 6.45) is 0.0155. The summed E-state index contributed by atoms with van der Waals surface area (Å²) in [4.78, 5) is 19.2. The summed E-state index contributed by atoms with van der Waals surface area (Å²) in [5.41, 5.74) is 3.25. The van der Waals surface area contributed by atoms with Crippen molar-refractivity contribution in [2.45, 2.75) is 36.0 Å². The summed E-state index contributed by atoms with van der Waals surface area (Å²) in [5.74, 6) is -0.856. The average molecular weight is 543 g/mol. The van der Waals surface area contributed by atoms with Crippen LogP contribution in [0.4, 0.5) is 4.39 Å². The van der Waals surface area contributed by atoms with Gasteiger partial charge < -0.3 is 4.98 Å². The lowest BCUT2D eigenvalue weighted by atomic mass is 9.97. The molecule has 0 saturated carbocycles. The number of imidazole rings is 1. The van der Waals surface area contributed by atoms with Gasteiger partial charge in [0.15, 0.2) is 0 Å². The number of benzene rings is 3. The van der Waals surface area contributed by atoms with Crippen LogP contribution in [0.3, 0.4) is 0 Å². The van der Waals surface area contributed by atoms with Crippen molar-refractivity contribution in [3.05, 3.63) is 95.1 Å². The second-order valence-electron chi connectivity index (χ2n) is 8.93. The largest absolute Gasteiger partial charge is 0.341 e. The third-order valence-electron chi connectivity index (χ3n) is 6.26. The number of hydrogen-bond donors (Lipinski definition) is 3. The molecule has 1 aliphatic rings. The lowest BCUT2D eigenvalue weighted by molar-refractivity contribution is -0.118. The molecule has 0 aliphatic carbocycles. The summed E-state index contributed by atoms with van der Waals surface area (Å²) >= 11 is 0. The van der Waals surface area contributed by atoms with Crippen LogP contribution >= 0.6 is 0 Å². The Kier molecular flexibility index (Phi) is 6.34. The molecule has 3 N–H and O–H groups in total. The Labute approximate surface area is 213 Å². The van der Waals surface area contributed by atoms with E-state index in [0.717, 1.165) is 17.6 Å². The van der Waals surface area contributed by atoms with Crippen molar-refractivity contribution in [2.24, 2.45) is 0 Å². The van der Waals surface area contributed by atoms with Gasteiger partial charge in [-0.25, -0.2) is 30.9 Å². The second-order valence-corrected chi connectivity index (χ2v) is 12.5. The number of hydrogen-bond acceptors (Lipinski definition) is 6. The highest BCUT2D eigenvalue weighted by Gasteiger charge is 2.38. The molecule has 9 nitrogen and oxygen atoms in total. The van der Waals surface area contributed by atoms with E-state index in [0.29, 0.717) is 28.0 Å². The molecule has 12 heteroatoms. The van der Waals surface area contributed by atoms with Crippen molar-refractivity contribution < 1.29 is 26.0 Å². The van der Waals surface area contributed by atoms with E-state index >= 15 is 0 Å². The Morgan fingerprint density at radius 1 is 1.11 bits per heavy atom. The third kappa shape index (κ3) is 5.13. The summed E-state index contributed by atoms with van der Waals surface area (Å²) in [5, 5.41) is -0.980. The number of fused-ring (bicyclic) bond motifs is 1. The van der Waals surface area contributed by atoms with E-state index in [2.05, 4.69) is 14.7 Å². The van der Waals surface area contributed by atoms with Crippen molar-refractivity contribution in [2.75, 3.05) is 0 Å². The van der Waals surface area contributed by atoms with E-state index in [-0.39, 0.29) is 17.7 Å². The minimum absolute atomic E-state index is 0.155. The number of amides is 1. The number of H-pyrrole nitrogens is 1. The highest BCUT2D eigenvalue weighted by molar-refractivity contribution is 7.90. The van der Waals surface area contributed by atoms with Crippen molar-refractivity contribution in [3.8, 4) is 0 Å². The van der Waals surface area contributed by atoms with Crippen molar-refractivity contribution in [3.63, 3.8) is 0 Å². The molecule has 1 saturated heterocycles. The topological polar surface area (TPSA) is 138 Å². The number of para-hydroxylation sites is 2. The zero-order valence-corrected chi connectivity index (χ0v) is 21.2. The Bertz CT molecular complexity index is 1700. The van der Waals surface area contributed by atoms with Crippen LogP contribution in [0.15, 0.2) is 71.6 Å². The average Bonchev–Trinajstić information content (AvgIpc) is 3.38. The van der Waals surface area contributed by atoms with Crippen LogP contribution in [0.5, 0.6) is 0 Å². The predicted molar refractivity (Wildman–Crippen MR) is 135 cm³/mol. The molecular formula is C25H23FN4O5S2.